The molecule has 0 aromatic rings. The van der Waals surface area contributed by atoms with E-state index < -0.39 is 22.3 Å². The van der Waals surface area contributed by atoms with Crippen molar-refractivity contribution in [3.8, 4) is 0 Å². The first kappa shape index (κ1) is 14.9. The summed E-state index contributed by atoms with van der Waals surface area (Å²) in [5.41, 5.74) is -1.12. The van der Waals surface area contributed by atoms with E-state index in [-0.39, 0.29) is 6.03 Å². The second kappa shape index (κ2) is 6.17. The van der Waals surface area contributed by atoms with E-state index in [0.29, 0.717) is 37.4 Å². The Morgan fingerprint density at radius 2 is 2.17 bits per heavy atom. The van der Waals surface area contributed by atoms with Crippen LogP contribution >= 0.6 is 0 Å². The Morgan fingerprint density at radius 3 is 2.72 bits per heavy atom. The van der Waals surface area contributed by atoms with Crippen molar-refractivity contribution in [1.82, 2.24) is 10.2 Å². The van der Waals surface area contributed by atoms with Gasteiger partial charge in [0, 0.05) is 35.4 Å². The minimum Gasteiger partial charge on any atom is -0.480 e. The van der Waals surface area contributed by atoms with Crippen molar-refractivity contribution < 1.29 is 18.9 Å². The van der Waals surface area contributed by atoms with Gasteiger partial charge in [0.25, 0.3) is 0 Å². The smallest absolute Gasteiger partial charge is 0.329 e. The summed E-state index contributed by atoms with van der Waals surface area (Å²) in [6.45, 7) is 4.14. The molecule has 2 N–H and O–H groups in total. The summed E-state index contributed by atoms with van der Waals surface area (Å²) in [6.07, 6.45) is 1.16. The van der Waals surface area contributed by atoms with E-state index >= 15 is 0 Å². The van der Waals surface area contributed by atoms with Gasteiger partial charge < -0.3 is 15.3 Å². The van der Waals surface area contributed by atoms with E-state index in [0.717, 1.165) is 0 Å². The quantitative estimate of drug-likeness (QED) is 0.761. The molecule has 1 aliphatic heterocycles. The number of carbonyl (C=O) groups excluding carboxylic acids is 1. The van der Waals surface area contributed by atoms with Crippen molar-refractivity contribution in [2.24, 2.45) is 0 Å². The van der Waals surface area contributed by atoms with Gasteiger partial charge >= 0.3 is 12.0 Å². The van der Waals surface area contributed by atoms with E-state index in [1.54, 1.807) is 6.92 Å². The first-order valence-corrected chi connectivity index (χ1v) is 7.54. The summed E-state index contributed by atoms with van der Waals surface area (Å²) in [4.78, 5) is 24.4. The number of carboxylic acid groups (broad SMARTS) is 1. The molecule has 104 valence electrons. The number of likely N-dealkylation sites (tertiary alicyclic amines) is 1. The van der Waals surface area contributed by atoms with Crippen molar-refractivity contribution in [3.05, 3.63) is 0 Å². The second-order valence-electron chi connectivity index (χ2n) is 4.50. The van der Waals surface area contributed by atoms with Gasteiger partial charge in [-0.25, -0.2) is 9.59 Å². The van der Waals surface area contributed by atoms with Gasteiger partial charge in [0.05, 0.1) is 0 Å². The maximum Gasteiger partial charge on any atom is 0.329 e. The van der Waals surface area contributed by atoms with Crippen LogP contribution in [-0.4, -0.2) is 56.3 Å². The van der Waals surface area contributed by atoms with E-state index in [1.165, 1.54) is 4.90 Å². The lowest BCUT2D eigenvalue weighted by molar-refractivity contribution is -0.147. The summed E-state index contributed by atoms with van der Waals surface area (Å²) >= 11 is 0. The van der Waals surface area contributed by atoms with Crippen molar-refractivity contribution in [1.29, 1.82) is 0 Å². The van der Waals surface area contributed by atoms with Crippen molar-refractivity contribution in [3.63, 3.8) is 0 Å². The highest BCUT2D eigenvalue weighted by molar-refractivity contribution is 7.84. The third-order valence-corrected chi connectivity index (χ3v) is 4.58. The standard InChI is InChI=1S/C11H20N2O4S/c1-3-18(17)8-6-12-10(16)13-7-4-5-11(13,2)9(14)15/h3-8H2,1-2H3,(H,12,16)(H,14,15). The molecule has 2 unspecified atom stereocenters. The van der Waals surface area contributed by atoms with Gasteiger partial charge in [0.2, 0.25) is 0 Å². The number of nitrogens with zero attached hydrogens (tertiary/aromatic N) is 1. The zero-order valence-corrected chi connectivity index (χ0v) is 11.6. The SMILES string of the molecule is CCS(=O)CCNC(=O)N1CCCC1(C)C(=O)O. The minimum atomic E-state index is -1.12. The van der Waals surface area contributed by atoms with Gasteiger partial charge in [-0.05, 0) is 19.8 Å². The molecular formula is C11H20N2O4S. The molecule has 0 bridgehead atoms. The molecule has 1 fully saturated rings. The monoisotopic (exact) mass is 276 g/mol. The highest BCUT2D eigenvalue weighted by Crippen LogP contribution is 2.28. The first-order valence-electron chi connectivity index (χ1n) is 6.05. The van der Waals surface area contributed by atoms with Gasteiger partial charge in [-0.1, -0.05) is 6.92 Å². The molecule has 0 aliphatic carbocycles. The van der Waals surface area contributed by atoms with Gasteiger partial charge in [-0.3, -0.25) is 4.21 Å². The van der Waals surface area contributed by atoms with Crippen LogP contribution < -0.4 is 5.32 Å². The van der Waals surface area contributed by atoms with Crippen molar-refractivity contribution in [2.45, 2.75) is 32.2 Å². The maximum absolute atomic E-state index is 11.9. The number of nitrogens with one attached hydrogen (secondary N) is 1. The van der Waals surface area contributed by atoms with Crippen LogP contribution in [0.4, 0.5) is 4.79 Å². The van der Waals surface area contributed by atoms with Crippen LogP contribution in [0.5, 0.6) is 0 Å². The third-order valence-electron chi connectivity index (χ3n) is 3.27. The largest absolute Gasteiger partial charge is 0.480 e. The number of hydrogen-bond donors (Lipinski definition) is 2. The Labute approximate surface area is 109 Å². The zero-order valence-electron chi connectivity index (χ0n) is 10.8. The van der Waals surface area contributed by atoms with Crippen LogP contribution in [0.3, 0.4) is 0 Å². The van der Waals surface area contributed by atoms with E-state index in [4.69, 9.17) is 0 Å². The number of amides is 2. The average molecular weight is 276 g/mol. The molecule has 0 radical (unpaired) electrons. The fourth-order valence-electron chi connectivity index (χ4n) is 2.02. The predicted molar refractivity (Wildman–Crippen MR) is 68.9 cm³/mol. The molecule has 18 heavy (non-hydrogen) atoms. The van der Waals surface area contributed by atoms with E-state index in [9.17, 15) is 18.9 Å². The molecule has 2 atom stereocenters. The molecule has 6 nitrogen and oxygen atoms in total. The number of hydrogen-bond acceptors (Lipinski definition) is 3. The van der Waals surface area contributed by atoms with Crippen molar-refractivity contribution >= 4 is 22.8 Å². The predicted octanol–water partition coefficient (Wildman–Crippen LogP) is 0.404. The van der Waals surface area contributed by atoms with Crippen molar-refractivity contribution in [2.75, 3.05) is 24.6 Å². The Balaban J connectivity index is 2.51. The molecule has 0 aromatic carbocycles. The molecule has 0 aromatic heterocycles. The third kappa shape index (κ3) is 3.22. The first-order chi connectivity index (χ1) is 8.41. The van der Waals surface area contributed by atoms with Crippen LogP contribution in [-0.2, 0) is 15.6 Å². The van der Waals surface area contributed by atoms with Gasteiger partial charge in [-0.2, -0.15) is 0 Å². The lowest BCUT2D eigenvalue weighted by Gasteiger charge is -2.31. The molecule has 1 saturated heterocycles. The summed E-state index contributed by atoms with van der Waals surface area (Å²) in [7, 11) is -0.922. The number of rotatable bonds is 5. The number of carbonyl (C=O) groups is 2. The summed E-state index contributed by atoms with van der Waals surface area (Å²) in [6, 6.07) is -0.384. The van der Waals surface area contributed by atoms with Crippen LogP contribution in [0.1, 0.15) is 26.7 Å². The zero-order chi connectivity index (χ0) is 13.8. The summed E-state index contributed by atoms with van der Waals surface area (Å²) < 4.78 is 11.2. The Hall–Kier alpha value is -1.11. The topological polar surface area (TPSA) is 86.7 Å². The fourth-order valence-corrected chi connectivity index (χ4v) is 2.64. The normalized spacial score (nSPS) is 24.9. The molecule has 2 amide bonds. The highest BCUT2D eigenvalue weighted by Gasteiger charge is 2.45. The molecule has 0 spiro atoms. The molecule has 0 saturated carbocycles. The molecular weight excluding hydrogens is 256 g/mol. The average Bonchev–Trinajstić information content (AvgIpc) is 2.72. The lowest BCUT2D eigenvalue weighted by Crippen LogP contribution is -2.54. The molecule has 1 aliphatic rings. The Kier molecular flexibility index (Phi) is 5.13. The molecule has 1 rings (SSSR count). The second-order valence-corrected chi connectivity index (χ2v) is 6.36. The fraction of sp³-hybridized carbons (Fsp3) is 0.818. The lowest BCUT2D eigenvalue weighted by atomic mass is 10.00. The minimum absolute atomic E-state index is 0.311. The van der Waals surface area contributed by atoms with Gasteiger partial charge in [0.1, 0.15) is 5.54 Å². The number of aliphatic carboxylic acids is 1. The van der Waals surface area contributed by atoms with Gasteiger partial charge in [0.15, 0.2) is 0 Å². The van der Waals surface area contributed by atoms with Crippen LogP contribution in [0.25, 0.3) is 0 Å². The highest BCUT2D eigenvalue weighted by atomic mass is 32.2. The van der Waals surface area contributed by atoms with Crippen LogP contribution in [0.2, 0.25) is 0 Å². The van der Waals surface area contributed by atoms with Crippen LogP contribution in [0, 0.1) is 0 Å². The number of urea groups is 1. The maximum atomic E-state index is 11.9. The van der Waals surface area contributed by atoms with E-state index in [2.05, 4.69) is 5.32 Å². The van der Waals surface area contributed by atoms with Gasteiger partial charge in [-0.15, -0.1) is 0 Å². The molecule has 7 heteroatoms. The number of carboxylic acids is 1. The Morgan fingerprint density at radius 1 is 1.50 bits per heavy atom. The Bertz CT molecular complexity index is 361. The van der Waals surface area contributed by atoms with Crippen LogP contribution in [0.15, 0.2) is 0 Å². The van der Waals surface area contributed by atoms with E-state index in [1.807, 2.05) is 6.92 Å². The summed E-state index contributed by atoms with van der Waals surface area (Å²) in [5, 5.41) is 11.8. The summed E-state index contributed by atoms with van der Waals surface area (Å²) in [5.74, 6) is -0.0148. The molecule has 1 heterocycles.